The van der Waals surface area contributed by atoms with E-state index in [1.165, 1.54) is 43.3 Å². The molecule has 0 aliphatic carbocycles. The van der Waals surface area contributed by atoms with Crippen LogP contribution in [0.1, 0.15) is 51.4 Å². The number of amides is 3. The second kappa shape index (κ2) is 25.0. The Kier molecular flexibility index (Phi) is 22.9. The first kappa shape index (κ1) is 39.5. The molecule has 4 aliphatic rings. The van der Waals surface area contributed by atoms with E-state index in [4.69, 9.17) is 21.3 Å². The standard InChI is InChI=1S/C8H11N3O.C6H10N4O.C5H11N3O.C4H9N.CBrN.H4N2.H2O/c12-8(10-4-1-2-5-10)11-6-3-9-7-11;7-5-8-9-6(11-5)10-3-1-2-4-10;6-7-5(9)8-3-1-2-4-8;1-2-4-5-3-1;2-1-3;1-2;/h3,6-7H,1-2,4-5H2;1-4H2,(H2,7,8);1-4,6H2,(H,7,9);5H,1-4H2;;1-2H2;1H2. The van der Waals surface area contributed by atoms with Crippen LogP contribution in [0.5, 0.6) is 0 Å². The SMILES string of the molecule is C1CCNC1.N#CBr.NN.NNC(=O)N1CCCC1.Nc1nnc(N2CCCC2)o1.O.O=C(N1CCCC1)n1ccnc1. The van der Waals surface area contributed by atoms with Crippen LogP contribution in [0.15, 0.2) is 23.1 Å². The molecule has 0 bridgehead atoms. The van der Waals surface area contributed by atoms with E-state index in [2.05, 4.69) is 53.5 Å². The molecule has 43 heavy (non-hydrogen) atoms. The Morgan fingerprint density at radius 2 is 1.44 bits per heavy atom. The van der Waals surface area contributed by atoms with Crippen LogP contribution in [0.2, 0.25) is 0 Å². The van der Waals surface area contributed by atoms with Gasteiger partial charge in [0.05, 0.1) is 0 Å². The van der Waals surface area contributed by atoms with Crippen molar-refractivity contribution in [3.63, 3.8) is 0 Å². The minimum absolute atomic E-state index is 0. The van der Waals surface area contributed by atoms with E-state index in [1.54, 1.807) is 28.6 Å². The summed E-state index contributed by atoms with van der Waals surface area (Å²) < 4.78 is 6.57. The van der Waals surface area contributed by atoms with Crippen molar-refractivity contribution in [2.45, 2.75) is 51.4 Å². The van der Waals surface area contributed by atoms with E-state index in [0.29, 0.717) is 6.01 Å². The van der Waals surface area contributed by atoms with Gasteiger partial charge >= 0.3 is 24.1 Å². The lowest BCUT2D eigenvalue weighted by molar-refractivity contribution is 0.209. The number of aromatic nitrogens is 4. The monoisotopic (exact) mass is 674 g/mol. The van der Waals surface area contributed by atoms with Crippen molar-refractivity contribution in [2.24, 2.45) is 17.5 Å². The molecule has 6 heterocycles. The number of imidazole rings is 1. The molecule has 4 fully saturated rings. The lowest BCUT2D eigenvalue weighted by Gasteiger charge is -2.14. The van der Waals surface area contributed by atoms with Gasteiger partial charge in [0, 0.05) is 67.6 Å². The van der Waals surface area contributed by atoms with Crippen LogP contribution in [0, 0.1) is 10.2 Å². The lowest BCUT2D eigenvalue weighted by Crippen LogP contribution is -2.41. The summed E-state index contributed by atoms with van der Waals surface area (Å²) in [7, 11) is 0. The second-order valence-electron chi connectivity index (χ2n) is 9.25. The number of carbonyl (C=O) groups excluding carboxylic acids is 2. The largest absolute Gasteiger partial charge is 0.412 e. The van der Waals surface area contributed by atoms with Crippen molar-refractivity contribution in [3.05, 3.63) is 18.7 Å². The molecule has 2 aromatic rings. The summed E-state index contributed by atoms with van der Waals surface area (Å²) >= 11 is 2.45. The third-order valence-corrected chi connectivity index (χ3v) is 6.38. The first-order chi connectivity index (χ1) is 20.5. The number of hydrazine groups is 2. The molecular weight excluding hydrogens is 628 g/mol. The number of nitriles is 1. The Bertz CT molecular complexity index is 990. The van der Waals surface area contributed by atoms with Crippen LogP contribution in [-0.4, -0.2) is 99.4 Å². The quantitative estimate of drug-likeness (QED) is 0.133. The highest BCUT2D eigenvalue weighted by Crippen LogP contribution is 2.18. The number of hydrogen-bond donors (Lipinski definition) is 6. The van der Waals surface area contributed by atoms with Gasteiger partial charge in [0.25, 0.3) is 0 Å². The van der Waals surface area contributed by atoms with E-state index >= 15 is 0 Å². The molecule has 0 aromatic carbocycles. The highest BCUT2D eigenvalue weighted by Gasteiger charge is 2.19. The number of halogens is 1. The Morgan fingerprint density at radius 3 is 1.84 bits per heavy atom. The van der Waals surface area contributed by atoms with Crippen molar-refractivity contribution in [2.75, 3.05) is 63.0 Å². The van der Waals surface area contributed by atoms with Crippen LogP contribution < -0.4 is 38.9 Å². The summed E-state index contributed by atoms with van der Waals surface area (Å²) in [6, 6.07) is 0.587. The number of anilines is 2. The first-order valence-electron chi connectivity index (χ1n) is 13.9. The molecule has 4 aliphatic heterocycles. The van der Waals surface area contributed by atoms with Gasteiger partial charge in [-0.1, -0.05) is 10.2 Å². The van der Waals surface area contributed by atoms with Gasteiger partial charge in [-0.15, -0.1) is 0 Å². The van der Waals surface area contributed by atoms with Gasteiger partial charge in [-0.2, -0.15) is 5.26 Å². The molecule has 0 radical (unpaired) electrons. The molecule has 0 spiro atoms. The molecule has 0 unspecified atom stereocenters. The summed E-state index contributed by atoms with van der Waals surface area (Å²) in [4.78, 5) is 33.3. The summed E-state index contributed by atoms with van der Waals surface area (Å²) in [6.45, 7) is 7.98. The third-order valence-electron chi connectivity index (χ3n) is 6.38. The zero-order valence-corrected chi connectivity index (χ0v) is 26.1. The number of nitrogens with zero attached hydrogens (tertiary/aromatic N) is 8. The fraction of sp³-hybridized carbons (Fsp3) is 0.667. The average molecular weight is 676 g/mol. The van der Waals surface area contributed by atoms with Crippen LogP contribution in [0.4, 0.5) is 21.6 Å². The van der Waals surface area contributed by atoms with Crippen molar-refractivity contribution in [3.8, 4) is 4.98 Å². The molecule has 4 saturated heterocycles. The summed E-state index contributed by atoms with van der Waals surface area (Å²) in [5, 5.41) is 17.8. The maximum absolute atomic E-state index is 11.6. The highest BCUT2D eigenvalue weighted by atomic mass is 79.9. The topological polar surface area (TPSA) is 284 Å². The van der Waals surface area contributed by atoms with E-state index in [-0.39, 0.29) is 23.6 Å². The van der Waals surface area contributed by atoms with Gasteiger partial charge < -0.3 is 35.6 Å². The Labute approximate surface area is 260 Å². The molecule has 3 amide bonds. The zero-order chi connectivity index (χ0) is 31.0. The molecule has 0 saturated carbocycles. The molecule has 2 aromatic heterocycles. The number of urea groups is 1. The molecular formula is C24H47BrN14O4. The number of rotatable bonds is 1. The number of nitrogen functional groups attached to an aromatic ring is 1. The van der Waals surface area contributed by atoms with Gasteiger partial charge in [0.2, 0.25) is 0 Å². The first-order valence-corrected chi connectivity index (χ1v) is 14.7. The van der Waals surface area contributed by atoms with Gasteiger partial charge in [0.15, 0.2) is 0 Å². The smallest absolute Gasteiger partial charge is 0.331 e. The summed E-state index contributed by atoms with van der Waals surface area (Å²) in [5.41, 5.74) is 7.37. The Morgan fingerprint density at radius 1 is 0.930 bits per heavy atom. The van der Waals surface area contributed by atoms with Crippen LogP contribution >= 0.6 is 15.9 Å². The predicted molar refractivity (Wildman–Crippen MR) is 166 cm³/mol. The maximum atomic E-state index is 11.6. The minimum atomic E-state index is -0.160. The van der Waals surface area contributed by atoms with E-state index in [9.17, 15) is 9.59 Å². The summed E-state index contributed by atoms with van der Waals surface area (Å²) in [6.07, 6.45) is 14.5. The van der Waals surface area contributed by atoms with Gasteiger partial charge in [-0.3, -0.25) is 21.7 Å². The molecule has 6 rings (SSSR count). The van der Waals surface area contributed by atoms with Crippen molar-refractivity contribution in [1.29, 1.82) is 5.26 Å². The van der Waals surface area contributed by atoms with Crippen molar-refractivity contribution < 1.29 is 19.5 Å². The van der Waals surface area contributed by atoms with Gasteiger partial charge in [-0.25, -0.2) is 20.4 Å². The molecule has 19 heteroatoms. The number of carbonyl (C=O) groups is 2. The number of likely N-dealkylation sites (tertiary alicyclic amines) is 2. The number of nitrogens with one attached hydrogen (secondary N) is 2. The number of hydrogen-bond acceptors (Lipinski definition) is 13. The third kappa shape index (κ3) is 16.0. The van der Waals surface area contributed by atoms with E-state index in [1.807, 2.05) is 9.80 Å². The highest BCUT2D eigenvalue weighted by molar-refractivity contribution is 9.12. The molecule has 244 valence electrons. The van der Waals surface area contributed by atoms with Crippen molar-refractivity contribution in [1.82, 2.24) is 40.3 Å². The zero-order valence-electron chi connectivity index (χ0n) is 24.5. The lowest BCUT2D eigenvalue weighted by atomic mass is 10.4. The van der Waals surface area contributed by atoms with E-state index < -0.39 is 0 Å². The number of nitrogens with two attached hydrogens (primary N) is 4. The summed E-state index contributed by atoms with van der Waals surface area (Å²) in [5.74, 6) is 12.9. The average Bonchev–Trinajstić information content (AvgIpc) is 3.86. The normalized spacial score (nSPS) is 16.1. The molecule has 0 atom stereocenters. The van der Waals surface area contributed by atoms with Crippen LogP contribution in [0.3, 0.4) is 0 Å². The van der Waals surface area contributed by atoms with Crippen molar-refractivity contribution >= 4 is 40.0 Å². The minimum Gasteiger partial charge on any atom is -0.412 e. The van der Waals surface area contributed by atoms with Crippen LogP contribution in [0.25, 0.3) is 0 Å². The fourth-order valence-corrected chi connectivity index (χ4v) is 4.34. The molecule has 18 nitrogen and oxygen atoms in total. The molecule has 12 N–H and O–H groups in total. The Hall–Kier alpha value is -3.54. The van der Waals surface area contributed by atoms with Gasteiger partial charge in [0.1, 0.15) is 11.3 Å². The fourth-order valence-electron chi connectivity index (χ4n) is 4.34. The Balaban J connectivity index is 0.000000531. The van der Waals surface area contributed by atoms with Gasteiger partial charge in [-0.05, 0) is 64.5 Å². The van der Waals surface area contributed by atoms with Crippen LogP contribution in [-0.2, 0) is 0 Å². The maximum Gasteiger partial charge on any atom is 0.331 e. The van der Waals surface area contributed by atoms with E-state index in [0.717, 1.165) is 65.0 Å². The second-order valence-corrected chi connectivity index (χ2v) is 9.60. The predicted octanol–water partition coefficient (Wildman–Crippen LogP) is 0.0908.